The Kier molecular flexibility index (Phi) is 4.00. The maximum Gasteiger partial charge on any atom is 0.231 e. The number of fused-ring (bicyclic) bond motifs is 1. The van der Waals surface area contributed by atoms with Gasteiger partial charge in [0.2, 0.25) is 5.95 Å². The number of imidazole rings is 1. The molecule has 0 spiro atoms. The van der Waals surface area contributed by atoms with Crippen molar-refractivity contribution >= 4 is 28.6 Å². The van der Waals surface area contributed by atoms with Gasteiger partial charge in [-0.05, 0) is 32.1 Å². The van der Waals surface area contributed by atoms with Crippen molar-refractivity contribution in [1.82, 2.24) is 24.8 Å². The number of para-hydroxylation sites is 1. The number of nitrogens with zero attached hydrogens (tertiary/aromatic N) is 5. The minimum absolute atomic E-state index is 0.577. The van der Waals surface area contributed by atoms with E-state index in [-0.39, 0.29) is 0 Å². The Hall–Kier alpha value is -2.67. The molecule has 7 heteroatoms. The van der Waals surface area contributed by atoms with Crippen LogP contribution in [0.5, 0.6) is 0 Å². The minimum atomic E-state index is 0.577. The summed E-state index contributed by atoms with van der Waals surface area (Å²) >= 11 is 0. The average Bonchev–Trinajstić information content (AvgIpc) is 2.96. The van der Waals surface area contributed by atoms with Crippen LogP contribution in [-0.2, 0) is 0 Å². The second-order valence-electron chi connectivity index (χ2n) is 6.11. The van der Waals surface area contributed by atoms with Crippen molar-refractivity contribution in [3.8, 4) is 0 Å². The molecule has 1 saturated heterocycles. The average molecular weight is 323 g/mol. The Morgan fingerprint density at radius 3 is 2.79 bits per heavy atom. The van der Waals surface area contributed by atoms with Crippen molar-refractivity contribution in [3.63, 3.8) is 0 Å². The first-order valence-electron chi connectivity index (χ1n) is 8.26. The Balaban J connectivity index is 1.69. The Bertz CT molecular complexity index is 814. The van der Waals surface area contributed by atoms with Gasteiger partial charge < -0.3 is 20.1 Å². The molecule has 1 aromatic carbocycles. The van der Waals surface area contributed by atoms with Crippen molar-refractivity contribution in [1.29, 1.82) is 0 Å². The highest BCUT2D eigenvalue weighted by Crippen LogP contribution is 2.25. The normalized spacial score (nSPS) is 16.3. The molecular formula is C17H21N7. The predicted molar refractivity (Wildman–Crippen MR) is 95.7 cm³/mol. The number of H-pyrrole nitrogens is 1. The number of aromatic amines is 1. The van der Waals surface area contributed by atoms with Crippen molar-refractivity contribution in [2.45, 2.75) is 6.42 Å². The fraction of sp³-hybridized carbons (Fsp3) is 0.353. The molecule has 0 aliphatic carbocycles. The molecule has 1 fully saturated rings. The first-order valence-corrected chi connectivity index (χ1v) is 8.26. The number of anilines is 3. The van der Waals surface area contributed by atoms with Gasteiger partial charge >= 0.3 is 0 Å². The van der Waals surface area contributed by atoms with Gasteiger partial charge in [-0.15, -0.1) is 0 Å². The summed E-state index contributed by atoms with van der Waals surface area (Å²) in [4.78, 5) is 21.5. The molecule has 1 aliphatic heterocycles. The van der Waals surface area contributed by atoms with E-state index in [2.05, 4.69) is 37.1 Å². The fourth-order valence-corrected chi connectivity index (χ4v) is 3.01. The van der Waals surface area contributed by atoms with Crippen LogP contribution >= 0.6 is 0 Å². The van der Waals surface area contributed by atoms with Crippen molar-refractivity contribution in [3.05, 3.63) is 36.7 Å². The molecule has 124 valence electrons. The second kappa shape index (κ2) is 6.45. The van der Waals surface area contributed by atoms with E-state index in [0.717, 1.165) is 49.6 Å². The van der Waals surface area contributed by atoms with Gasteiger partial charge in [0.15, 0.2) is 11.5 Å². The lowest BCUT2D eigenvalue weighted by Gasteiger charge is -2.22. The second-order valence-corrected chi connectivity index (χ2v) is 6.11. The van der Waals surface area contributed by atoms with Gasteiger partial charge in [0, 0.05) is 25.3 Å². The Labute approximate surface area is 140 Å². The van der Waals surface area contributed by atoms with E-state index >= 15 is 0 Å². The number of rotatable bonds is 3. The first kappa shape index (κ1) is 14.9. The SMILES string of the molecule is CN1CCCN(c2nc(Nc3ccccc3)nc3nc[nH]c23)CC1. The topological polar surface area (TPSA) is 73.0 Å². The fourth-order valence-electron chi connectivity index (χ4n) is 3.01. The molecule has 3 heterocycles. The number of likely N-dealkylation sites (N-methyl/N-ethyl adjacent to an activating group) is 1. The molecule has 0 saturated carbocycles. The summed E-state index contributed by atoms with van der Waals surface area (Å²) in [5, 5.41) is 3.28. The zero-order valence-corrected chi connectivity index (χ0v) is 13.7. The van der Waals surface area contributed by atoms with Gasteiger partial charge in [0.25, 0.3) is 0 Å². The van der Waals surface area contributed by atoms with E-state index < -0.39 is 0 Å². The summed E-state index contributed by atoms with van der Waals surface area (Å²) in [6, 6.07) is 9.96. The monoisotopic (exact) mass is 323 g/mol. The van der Waals surface area contributed by atoms with Crippen molar-refractivity contribution in [2.24, 2.45) is 0 Å². The predicted octanol–water partition coefficient (Wildman–Crippen LogP) is 2.24. The summed E-state index contributed by atoms with van der Waals surface area (Å²) in [7, 11) is 2.16. The highest BCUT2D eigenvalue weighted by molar-refractivity contribution is 5.84. The lowest BCUT2D eigenvalue weighted by Crippen LogP contribution is -2.29. The Morgan fingerprint density at radius 1 is 1.04 bits per heavy atom. The Morgan fingerprint density at radius 2 is 1.92 bits per heavy atom. The van der Waals surface area contributed by atoms with E-state index in [9.17, 15) is 0 Å². The summed E-state index contributed by atoms with van der Waals surface area (Å²) in [5.41, 5.74) is 2.56. The molecule has 0 atom stereocenters. The number of nitrogens with one attached hydrogen (secondary N) is 2. The van der Waals surface area contributed by atoms with Crippen molar-refractivity contribution < 1.29 is 0 Å². The standard InChI is InChI=1S/C17H21N7/c1-23-8-5-9-24(11-10-23)16-14-15(19-12-18-14)21-17(22-16)20-13-6-3-2-4-7-13/h2-4,6-7,12H,5,8-11H2,1H3,(H2,18,19,20,21,22). The van der Waals surface area contributed by atoms with E-state index in [4.69, 9.17) is 4.98 Å². The zero-order valence-electron chi connectivity index (χ0n) is 13.7. The minimum Gasteiger partial charge on any atom is -0.353 e. The number of benzene rings is 1. The molecule has 0 radical (unpaired) electrons. The number of hydrogen-bond acceptors (Lipinski definition) is 6. The molecule has 3 aromatic rings. The maximum absolute atomic E-state index is 4.77. The van der Waals surface area contributed by atoms with Crippen LogP contribution in [0.4, 0.5) is 17.5 Å². The molecule has 2 N–H and O–H groups in total. The lowest BCUT2D eigenvalue weighted by molar-refractivity contribution is 0.360. The molecule has 2 aromatic heterocycles. The lowest BCUT2D eigenvalue weighted by atomic mass is 10.3. The molecular weight excluding hydrogens is 302 g/mol. The first-order chi connectivity index (χ1) is 11.8. The third kappa shape index (κ3) is 3.03. The summed E-state index contributed by atoms with van der Waals surface area (Å²) in [5.74, 6) is 1.50. The maximum atomic E-state index is 4.77. The van der Waals surface area contributed by atoms with Crippen LogP contribution in [0, 0.1) is 0 Å². The molecule has 0 amide bonds. The van der Waals surface area contributed by atoms with Crippen LogP contribution < -0.4 is 10.2 Å². The van der Waals surface area contributed by atoms with E-state index in [0.29, 0.717) is 11.6 Å². The molecule has 0 bridgehead atoms. The van der Waals surface area contributed by atoms with Crippen LogP contribution in [0.3, 0.4) is 0 Å². The van der Waals surface area contributed by atoms with Gasteiger partial charge in [-0.25, -0.2) is 4.98 Å². The third-order valence-electron chi connectivity index (χ3n) is 4.32. The molecule has 7 nitrogen and oxygen atoms in total. The van der Waals surface area contributed by atoms with Gasteiger partial charge in [0.05, 0.1) is 6.33 Å². The number of aromatic nitrogens is 4. The summed E-state index contributed by atoms with van der Waals surface area (Å²) in [6.45, 7) is 4.08. The molecule has 4 rings (SSSR count). The van der Waals surface area contributed by atoms with Gasteiger partial charge in [-0.1, -0.05) is 18.2 Å². The summed E-state index contributed by atoms with van der Waals surface area (Å²) in [6.07, 6.45) is 2.80. The molecule has 24 heavy (non-hydrogen) atoms. The van der Waals surface area contributed by atoms with E-state index in [1.807, 2.05) is 30.3 Å². The molecule has 0 unspecified atom stereocenters. The largest absolute Gasteiger partial charge is 0.353 e. The van der Waals surface area contributed by atoms with Crippen LogP contribution in [0.15, 0.2) is 36.7 Å². The van der Waals surface area contributed by atoms with Gasteiger partial charge in [-0.3, -0.25) is 0 Å². The highest BCUT2D eigenvalue weighted by Gasteiger charge is 2.19. The smallest absolute Gasteiger partial charge is 0.231 e. The van der Waals surface area contributed by atoms with E-state index in [1.165, 1.54) is 0 Å². The number of hydrogen-bond donors (Lipinski definition) is 2. The zero-order chi connectivity index (χ0) is 16.4. The van der Waals surface area contributed by atoms with Crippen LogP contribution in [0.25, 0.3) is 11.2 Å². The third-order valence-corrected chi connectivity index (χ3v) is 4.32. The van der Waals surface area contributed by atoms with Crippen LogP contribution in [-0.4, -0.2) is 58.1 Å². The van der Waals surface area contributed by atoms with Crippen LogP contribution in [0.1, 0.15) is 6.42 Å². The van der Waals surface area contributed by atoms with Gasteiger partial charge in [-0.2, -0.15) is 9.97 Å². The quantitative estimate of drug-likeness (QED) is 0.770. The van der Waals surface area contributed by atoms with E-state index in [1.54, 1.807) is 6.33 Å². The van der Waals surface area contributed by atoms with Crippen LogP contribution in [0.2, 0.25) is 0 Å². The molecule has 1 aliphatic rings. The highest BCUT2D eigenvalue weighted by atomic mass is 15.3. The summed E-state index contributed by atoms with van der Waals surface area (Å²) < 4.78 is 0. The van der Waals surface area contributed by atoms with Gasteiger partial charge in [0.1, 0.15) is 5.52 Å². The van der Waals surface area contributed by atoms with Crippen molar-refractivity contribution in [2.75, 3.05) is 43.4 Å².